The van der Waals surface area contributed by atoms with E-state index in [9.17, 15) is 9.59 Å². The first-order valence-corrected chi connectivity index (χ1v) is 11.3. The van der Waals surface area contributed by atoms with Gasteiger partial charge in [-0.05, 0) is 88.2 Å². The molecule has 3 rings (SSSR count). The van der Waals surface area contributed by atoms with Crippen molar-refractivity contribution in [2.75, 3.05) is 7.11 Å². The summed E-state index contributed by atoms with van der Waals surface area (Å²) >= 11 is 0. The van der Waals surface area contributed by atoms with Gasteiger partial charge in [0.2, 0.25) is 0 Å². The minimum absolute atomic E-state index is 0.0461. The molecule has 0 aliphatic heterocycles. The van der Waals surface area contributed by atoms with Crippen LogP contribution in [-0.4, -0.2) is 25.2 Å². The van der Waals surface area contributed by atoms with E-state index in [1.807, 2.05) is 19.9 Å². The van der Waals surface area contributed by atoms with Gasteiger partial charge in [-0.1, -0.05) is 25.2 Å². The molecule has 170 valence electrons. The van der Waals surface area contributed by atoms with Crippen molar-refractivity contribution in [1.29, 1.82) is 0 Å². The van der Waals surface area contributed by atoms with Gasteiger partial charge in [-0.15, -0.1) is 0 Å². The molecule has 0 saturated heterocycles. The molecule has 2 saturated carbocycles. The molecule has 31 heavy (non-hydrogen) atoms. The minimum atomic E-state index is -0.889. The monoisotopic (exact) mass is 428 g/mol. The Morgan fingerprint density at radius 2 is 2.06 bits per heavy atom. The molecule has 5 nitrogen and oxygen atoms in total. The van der Waals surface area contributed by atoms with Gasteiger partial charge in [0.25, 0.3) is 0 Å². The van der Waals surface area contributed by atoms with Gasteiger partial charge in [-0.25, -0.2) is 4.79 Å². The third kappa shape index (κ3) is 4.11. The average molecular weight is 429 g/mol. The summed E-state index contributed by atoms with van der Waals surface area (Å²) in [7, 11) is 1.42. The number of allylic oxidation sites excluding steroid dienone is 2. The first-order chi connectivity index (χ1) is 14.7. The van der Waals surface area contributed by atoms with Crippen molar-refractivity contribution < 1.29 is 23.5 Å². The van der Waals surface area contributed by atoms with Gasteiger partial charge in [-0.2, -0.15) is 0 Å². The van der Waals surface area contributed by atoms with Gasteiger partial charge >= 0.3 is 11.9 Å². The number of methoxy groups -OCH3 is 1. The molecular weight excluding hydrogens is 392 g/mol. The van der Waals surface area contributed by atoms with Crippen LogP contribution in [0.4, 0.5) is 0 Å². The molecule has 0 bridgehead atoms. The van der Waals surface area contributed by atoms with Crippen LogP contribution in [0.25, 0.3) is 0 Å². The summed E-state index contributed by atoms with van der Waals surface area (Å²) < 4.78 is 16.4. The van der Waals surface area contributed by atoms with E-state index in [4.69, 9.17) is 13.9 Å². The number of hydrogen-bond acceptors (Lipinski definition) is 5. The second kappa shape index (κ2) is 9.05. The normalized spacial score (nSPS) is 33.5. The first kappa shape index (κ1) is 23.4. The van der Waals surface area contributed by atoms with Crippen molar-refractivity contribution in [1.82, 2.24) is 0 Å². The van der Waals surface area contributed by atoms with Crippen LogP contribution in [0.2, 0.25) is 0 Å². The Labute approximate surface area is 185 Å². The van der Waals surface area contributed by atoms with E-state index in [1.54, 1.807) is 25.5 Å². The fourth-order valence-corrected chi connectivity index (χ4v) is 6.14. The summed E-state index contributed by atoms with van der Waals surface area (Å²) in [6, 6.07) is 2.00. The molecule has 2 fully saturated rings. The van der Waals surface area contributed by atoms with Gasteiger partial charge in [-0.3, -0.25) is 4.79 Å². The molecule has 0 radical (unpaired) electrons. The van der Waals surface area contributed by atoms with Crippen LogP contribution >= 0.6 is 0 Å². The molecule has 1 heterocycles. The molecule has 0 aromatic carbocycles. The largest absolute Gasteiger partial charge is 0.472 e. The molecular formula is C26H36O5. The van der Waals surface area contributed by atoms with Crippen molar-refractivity contribution in [3.8, 4) is 0 Å². The summed E-state index contributed by atoms with van der Waals surface area (Å²) in [5.41, 5.74) is 1.99. The summed E-state index contributed by atoms with van der Waals surface area (Å²) in [5.74, 6) is -0.313. The number of aryl methyl sites for hydroxylation is 1. The number of hydrogen-bond donors (Lipinski definition) is 0. The number of ether oxygens (including phenoxy) is 2. The van der Waals surface area contributed by atoms with E-state index in [1.165, 1.54) is 18.2 Å². The van der Waals surface area contributed by atoms with E-state index in [0.29, 0.717) is 17.9 Å². The number of carbonyl (C=O) groups is 2. The number of furan rings is 1. The van der Waals surface area contributed by atoms with Crippen molar-refractivity contribution in [2.24, 2.45) is 22.7 Å². The maximum absolute atomic E-state index is 13.2. The fraction of sp³-hybridized carbons (Fsp3) is 0.615. The average Bonchev–Trinajstić information content (AvgIpc) is 3.27. The van der Waals surface area contributed by atoms with E-state index in [-0.39, 0.29) is 23.3 Å². The van der Waals surface area contributed by atoms with Gasteiger partial charge < -0.3 is 13.9 Å². The van der Waals surface area contributed by atoms with Gasteiger partial charge in [0.15, 0.2) is 0 Å². The maximum atomic E-state index is 13.2. The predicted octanol–water partition coefficient (Wildman–Crippen LogP) is 5.65. The Balaban J connectivity index is 1.92. The number of esters is 2. The SMILES string of the molecule is C=C1CC[C@H]2[C@@](C)(CC[C@@H](OC(=O)C(C)=CC)[C@]2(C)C(=O)OC)[C@@H]1CCc1ccoc1. The zero-order valence-electron chi connectivity index (χ0n) is 19.5. The number of fused-ring (bicyclic) bond motifs is 1. The number of carbonyl (C=O) groups excluding carboxylic acids is 2. The molecule has 0 spiro atoms. The Morgan fingerprint density at radius 1 is 1.32 bits per heavy atom. The second-order valence-electron chi connectivity index (χ2n) is 9.66. The highest BCUT2D eigenvalue weighted by Crippen LogP contribution is 2.62. The molecule has 2 aliphatic carbocycles. The van der Waals surface area contributed by atoms with Crippen LogP contribution in [0.3, 0.4) is 0 Å². The lowest BCUT2D eigenvalue weighted by atomic mass is 9.46. The third-order valence-electron chi connectivity index (χ3n) is 8.11. The van der Waals surface area contributed by atoms with Crippen LogP contribution in [0.15, 0.2) is 46.8 Å². The van der Waals surface area contributed by atoms with Crippen molar-refractivity contribution in [2.45, 2.75) is 72.3 Å². The first-order valence-electron chi connectivity index (χ1n) is 11.3. The zero-order chi connectivity index (χ0) is 22.8. The summed E-state index contributed by atoms with van der Waals surface area (Å²) in [6.45, 7) is 12.2. The molecule has 0 N–H and O–H groups in total. The Hall–Kier alpha value is -2.30. The van der Waals surface area contributed by atoms with E-state index in [0.717, 1.165) is 32.1 Å². The molecule has 5 atom stereocenters. The van der Waals surface area contributed by atoms with Gasteiger partial charge in [0, 0.05) is 5.57 Å². The molecule has 2 aliphatic rings. The van der Waals surface area contributed by atoms with E-state index >= 15 is 0 Å². The molecule has 5 heteroatoms. The van der Waals surface area contributed by atoms with Gasteiger partial charge in [0.1, 0.15) is 11.5 Å². The number of rotatable bonds is 6. The zero-order valence-corrected chi connectivity index (χ0v) is 19.5. The van der Waals surface area contributed by atoms with Crippen LogP contribution < -0.4 is 0 Å². The van der Waals surface area contributed by atoms with E-state index in [2.05, 4.69) is 13.5 Å². The second-order valence-corrected chi connectivity index (χ2v) is 9.66. The van der Waals surface area contributed by atoms with Crippen LogP contribution in [0.5, 0.6) is 0 Å². The lowest BCUT2D eigenvalue weighted by Gasteiger charge is -2.59. The molecule has 0 unspecified atom stereocenters. The summed E-state index contributed by atoms with van der Waals surface area (Å²) in [6.07, 6.45) is 9.85. The Morgan fingerprint density at radius 3 is 2.68 bits per heavy atom. The quantitative estimate of drug-likeness (QED) is 0.333. The summed E-state index contributed by atoms with van der Waals surface area (Å²) in [4.78, 5) is 25.8. The highest BCUT2D eigenvalue weighted by Gasteiger charge is 2.62. The molecule has 1 aromatic rings. The molecule has 1 aromatic heterocycles. The maximum Gasteiger partial charge on any atom is 0.333 e. The van der Waals surface area contributed by atoms with Crippen molar-refractivity contribution in [3.05, 3.63) is 48.0 Å². The van der Waals surface area contributed by atoms with Crippen molar-refractivity contribution >= 4 is 11.9 Å². The topological polar surface area (TPSA) is 65.7 Å². The lowest BCUT2D eigenvalue weighted by molar-refractivity contribution is -0.196. The molecule has 0 amide bonds. The van der Waals surface area contributed by atoms with E-state index < -0.39 is 11.5 Å². The third-order valence-corrected chi connectivity index (χ3v) is 8.11. The van der Waals surface area contributed by atoms with Crippen LogP contribution in [0, 0.1) is 22.7 Å². The predicted molar refractivity (Wildman–Crippen MR) is 119 cm³/mol. The lowest BCUT2D eigenvalue weighted by Crippen LogP contribution is -2.60. The van der Waals surface area contributed by atoms with Crippen LogP contribution in [-0.2, 0) is 25.5 Å². The Bertz CT molecular complexity index is 851. The van der Waals surface area contributed by atoms with Gasteiger partial charge in [0.05, 0.1) is 19.6 Å². The Kier molecular flexibility index (Phi) is 6.82. The highest BCUT2D eigenvalue weighted by atomic mass is 16.6. The standard InChI is InChI=1S/C26H36O5/c1-7-17(2)23(27)31-22-12-14-25(4)20(10-9-19-13-15-30-16-19)18(3)8-11-21(25)26(22,5)24(28)29-6/h7,13,15-16,20-22H,3,8-12,14H2,1-2,4-6H3/t20-,21+,22-,25+,26-/m1/s1. The smallest absolute Gasteiger partial charge is 0.333 e. The van der Waals surface area contributed by atoms with Crippen LogP contribution in [0.1, 0.15) is 65.4 Å². The van der Waals surface area contributed by atoms with Crippen molar-refractivity contribution in [3.63, 3.8) is 0 Å². The fourth-order valence-electron chi connectivity index (χ4n) is 6.14. The highest BCUT2D eigenvalue weighted by molar-refractivity contribution is 5.88. The minimum Gasteiger partial charge on any atom is -0.472 e. The summed E-state index contributed by atoms with van der Waals surface area (Å²) in [5, 5.41) is 0.